The molecule has 6 heteroatoms. The molecule has 0 radical (unpaired) electrons. The Bertz CT molecular complexity index is 557. The standard InChI is InChI=1S/C32H58O6/c1-3-5-7-9-11-13-15-17-19-27-29(37-27)21-23-31(33)35-25-26-36-32(34)24-22-30-28(38-30)20-18-16-14-12-10-8-6-4-2/h27-30H,3-26H2,1-2H3. The van der Waals surface area contributed by atoms with Crippen molar-refractivity contribution in [1.29, 1.82) is 0 Å². The van der Waals surface area contributed by atoms with Gasteiger partial charge in [-0.3, -0.25) is 9.59 Å². The molecule has 2 heterocycles. The van der Waals surface area contributed by atoms with Gasteiger partial charge in [-0.15, -0.1) is 0 Å². The van der Waals surface area contributed by atoms with Gasteiger partial charge in [-0.25, -0.2) is 0 Å². The minimum absolute atomic E-state index is 0.124. The molecule has 2 aliphatic rings. The van der Waals surface area contributed by atoms with E-state index in [-0.39, 0.29) is 37.4 Å². The van der Waals surface area contributed by atoms with Crippen LogP contribution in [0.25, 0.3) is 0 Å². The molecule has 0 saturated carbocycles. The van der Waals surface area contributed by atoms with Gasteiger partial charge in [0.2, 0.25) is 0 Å². The van der Waals surface area contributed by atoms with E-state index in [4.69, 9.17) is 18.9 Å². The molecule has 2 rings (SSSR count). The quantitative estimate of drug-likeness (QED) is 0.0595. The average Bonchev–Trinajstić information content (AvgIpc) is 3.84. The van der Waals surface area contributed by atoms with E-state index in [1.165, 1.54) is 103 Å². The summed E-state index contributed by atoms with van der Waals surface area (Å²) in [5.41, 5.74) is 0. The molecule has 38 heavy (non-hydrogen) atoms. The zero-order valence-electron chi connectivity index (χ0n) is 24.7. The maximum atomic E-state index is 11.9. The van der Waals surface area contributed by atoms with Crippen molar-refractivity contribution in [3.63, 3.8) is 0 Å². The summed E-state index contributed by atoms with van der Waals surface area (Å²) in [6, 6.07) is 0. The topological polar surface area (TPSA) is 77.7 Å². The van der Waals surface area contributed by atoms with Crippen molar-refractivity contribution in [2.24, 2.45) is 0 Å². The Morgan fingerprint density at radius 2 is 0.789 bits per heavy atom. The number of carbonyl (C=O) groups excluding carboxylic acids is 2. The first-order valence-corrected chi connectivity index (χ1v) is 16.3. The summed E-state index contributed by atoms with van der Waals surface area (Å²) in [6.45, 7) is 4.75. The van der Waals surface area contributed by atoms with E-state index in [1.54, 1.807) is 0 Å². The van der Waals surface area contributed by atoms with Crippen LogP contribution in [0.3, 0.4) is 0 Å². The highest BCUT2D eigenvalue weighted by atomic mass is 16.6. The second kappa shape index (κ2) is 21.7. The average molecular weight is 539 g/mol. The van der Waals surface area contributed by atoms with E-state index in [9.17, 15) is 9.59 Å². The second-order valence-corrected chi connectivity index (χ2v) is 11.5. The third-order valence-corrected chi connectivity index (χ3v) is 7.94. The molecule has 0 aromatic heterocycles. The summed E-state index contributed by atoms with van der Waals surface area (Å²) in [5.74, 6) is -0.477. The first-order chi connectivity index (χ1) is 18.6. The number of ether oxygens (including phenoxy) is 4. The van der Waals surface area contributed by atoms with E-state index in [1.807, 2.05) is 0 Å². The Balaban J connectivity index is 1.31. The predicted octanol–water partition coefficient (Wildman–Crippen LogP) is 8.23. The highest BCUT2D eigenvalue weighted by Crippen LogP contribution is 2.32. The van der Waals surface area contributed by atoms with Crippen LogP contribution in [0, 0.1) is 0 Å². The molecule has 4 atom stereocenters. The highest BCUT2D eigenvalue weighted by Gasteiger charge is 2.38. The largest absolute Gasteiger partial charge is 0.462 e. The van der Waals surface area contributed by atoms with Crippen LogP contribution in [0.5, 0.6) is 0 Å². The fourth-order valence-electron chi connectivity index (χ4n) is 5.31. The van der Waals surface area contributed by atoms with Gasteiger partial charge in [0.15, 0.2) is 0 Å². The van der Waals surface area contributed by atoms with Crippen molar-refractivity contribution >= 4 is 11.9 Å². The van der Waals surface area contributed by atoms with E-state index in [0.717, 1.165) is 25.7 Å². The van der Waals surface area contributed by atoms with Gasteiger partial charge in [-0.2, -0.15) is 0 Å². The van der Waals surface area contributed by atoms with E-state index in [2.05, 4.69) is 13.8 Å². The first kappa shape index (κ1) is 33.1. The molecule has 0 aliphatic carbocycles. The summed E-state index contributed by atoms with van der Waals surface area (Å²) in [5, 5.41) is 0. The second-order valence-electron chi connectivity index (χ2n) is 11.5. The lowest BCUT2D eigenvalue weighted by Crippen LogP contribution is -2.14. The molecule has 0 N–H and O–H groups in total. The Morgan fingerprint density at radius 3 is 1.16 bits per heavy atom. The van der Waals surface area contributed by atoms with Gasteiger partial charge >= 0.3 is 11.9 Å². The molecular weight excluding hydrogens is 480 g/mol. The summed E-state index contributed by atoms with van der Waals surface area (Å²) < 4.78 is 21.8. The molecule has 2 fully saturated rings. The number of rotatable bonds is 27. The van der Waals surface area contributed by atoms with Gasteiger partial charge in [0.25, 0.3) is 0 Å². The van der Waals surface area contributed by atoms with Crippen LogP contribution in [0.1, 0.15) is 155 Å². The van der Waals surface area contributed by atoms with Crippen molar-refractivity contribution < 1.29 is 28.5 Å². The lowest BCUT2D eigenvalue weighted by Gasteiger charge is -2.06. The molecule has 222 valence electrons. The van der Waals surface area contributed by atoms with E-state index in [0.29, 0.717) is 25.0 Å². The minimum Gasteiger partial charge on any atom is -0.462 e. The van der Waals surface area contributed by atoms with Crippen LogP contribution in [0.2, 0.25) is 0 Å². The number of esters is 2. The minimum atomic E-state index is -0.238. The van der Waals surface area contributed by atoms with E-state index >= 15 is 0 Å². The summed E-state index contributed by atoms with van der Waals surface area (Å²) in [4.78, 5) is 23.9. The van der Waals surface area contributed by atoms with Crippen molar-refractivity contribution in [3.05, 3.63) is 0 Å². The zero-order valence-corrected chi connectivity index (χ0v) is 24.7. The zero-order chi connectivity index (χ0) is 27.3. The van der Waals surface area contributed by atoms with Crippen LogP contribution in [0.4, 0.5) is 0 Å². The number of hydrogen-bond acceptors (Lipinski definition) is 6. The van der Waals surface area contributed by atoms with Gasteiger partial charge in [0, 0.05) is 12.8 Å². The van der Waals surface area contributed by atoms with Gasteiger partial charge in [-0.1, -0.05) is 117 Å². The normalized spacial score (nSPS) is 21.8. The third-order valence-electron chi connectivity index (χ3n) is 7.94. The molecule has 2 saturated heterocycles. The molecule has 0 aromatic carbocycles. The Morgan fingerprint density at radius 1 is 0.474 bits per heavy atom. The highest BCUT2D eigenvalue weighted by molar-refractivity contribution is 5.70. The van der Waals surface area contributed by atoms with Crippen LogP contribution in [-0.4, -0.2) is 49.6 Å². The van der Waals surface area contributed by atoms with Crippen LogP contribution >= 0.6 is 0 Å². The molecule has 0 aromatic rings. The predicted molar refractivity (Wildman–Crippen MR) is 152 cm³/mol. The van der Waals surface area contributed by atoms with E-state index < -0.39 is 0 Å². The lowest BCUT2D eigenvalue weighted by molar-refractivity contribution is -0.152. The molecule has 0 bridgehead atoms. The van der Waals surface area contributed by atoms with Crippen LogP contribution in [0.15, 0.2) is 0 Å². The number of unbranched alkanes of at least 4 members (excludes halogenated alkanes) is 14. The van der Waals surface area contributed by atoms with Crippen molar-refractivity contribution in [2.45, 2.75) is 180 Å². The Labute approximate surface area is 233 Å². The van der Waals surface area contributed by atoms with Crippen molar-refractivity contribution in [3.8, 4) is 0 Å². The van der Waals surface area contributed by atoms with Crippen LogP contribution < -0.4 is 0 Å². The monoisotopic (exact) mass is 538 g/mol. The summed E-state index contributed by atoms with van der Waals surface area (Å²) >= 11 is 0. The first-order valence-electron chi connectivity index (χ1n) is 16.3. The fourth-order valence-corrected chi connectivity index (χ4v) is 5.31. The van der Waals surface area contributed by atoms with Gasteiger partial charge in [-0.05, 0) is 25.7 Å². The lowest BCUT2D eigenvalue weighted by atomic mass is 10.0. The molecule has 0 amide bonds. The SMILES string of the molecule is CCCCCCCCCCC1OC1CCC(=O)OCCOC(=O)CCC1OC1CCCCCCCCCC. The molecule has 4 unspecified atom stereocenters. The molecule has 0 spiro atoms. The smallest absolute Gasteiger partial charge is 0.306 e. The maximum absolute atomic E-state index is 11.9. The number of carbonyl (C=O) groups is 2. The van der Waals surface area contributed by atoms with Crippen molar-refractivity contribution in [1.82, 2.24) is 0 Å². The fraction of sp³-hybridized carbons (Fsp3) is 0.938. The molecule has 2 aliphatic heterocycles. The van der Waals surface area contributed by atoms with Gasteiger partial charge in [0.1, 0.15) is 13.2 Å². The number of hydrogen-bond donors (Lipinski definition) is 0. The molecule has 6 nitrogen and oxygen atoms in total. The third kappa shape index (κ3) is 17.4. The Hall–Kier alpha value is -1.14. The van der Waals surface area contributed by atoms with Gasteiger partial charge in [0.05, 0.1) is 24.4 Å². The maximum Gasteiger partial charge on any atom is 0.306 e. The number of epoxide rings is 2. The van der Waals surface area contributed by atoms with Crippen LogP contribution in [-0.2, 0) is 28.5 Å². The van der Waals surface area contributed by atoms with Crippen molar-refractivity contribution in [2.75, 3.05) is 13.2 Å². The molecular formula is C32H58O6. The Kier molecular flexibility index (Phi) is 18.8. The van der Waals surface area contributed by atoms with Gasteiger partial charge < -0.3 is 18.9 Å². The summed E-state index contributed by atoms with van der Waals surface area (Å²) in [7, 11) is 0. The summed E-state index contributed by atoms with van der Waals surface area (Å²) in [6.07, 6.45) is 26.7.